The van der Waals surface area contributed by atoms with Crippen LogP contribution in [0.5, 0.6) is 0 Å². The highest BCUT2D eigenvalue weighted by Gasteiger charge is 2.45. The van der Waals surface area contributed by atoms with Crippen molar-refractivity contribution in [2.75, 3.05) is 0 Å². The summed E-state index contributed by atoms with van der Waals surface area (Å²) in [5, 5.41) is 0. The normalized spacial score (nSPS) is 18.3. The zero-order chi connectivity index (χ0) is 9.47. The van der Waals surface area contributed by atoms with Crippen LogP contribution in [0.3, 0.4) is 0 Å². The van der Waals surface area contributed by atoms with E-state index in [0.29, 0.717) is 18.4 Å². The van der Waals surface area contributed by atoms with Gasteiger partial charge >= 0.3 is 0 Å². The first kappa shape index (κ1) is 8.38. The molecule has 0 bridgehead atoms. The number of carbonyl (C=O) groups is 1. The summed E-state index contributed by atoms with van der Waals surface area (Å²) in [5.74, 6) is -0.540. The molecule has 68 valence electrons. The van der Waals surface area contributed by atoms with Crippen molar-refractivity contribution in [2.45, 2.75) is 18.4 Å². The van der Waals surface area contributed by atoms with E-state index in [1.165, 1.54) is 18.2 Å². The minimum atomic E-state index is -0.701. The average Bonchev–Trinajstić information content (AvgIpc) is 2.84. The zero-order valence-corrected chi connectivity index (χ0v) is 7.09. The molecular weight excluding hydrogens is 169 g/mol. The monoisotopic (exact) mass is 179 g/mol. The third kappa shape index (κ3) is 1.47. The van der Waals surface area contributed by atoms with E-state index < -0.39 is 11.4 Å². The second kappa shape index (κ2) is 2.64. The first-order valence-corrected chi connectivity index (χ1v) is 4.21. The van der Waals surface area contributed by atoms with E-state index >= 15 is 0 Å². The molecule has 13 heavy (non-hydrogen) atoms. The maximum Gasteiger partial charge on any atom is 0.182 e. The lowest BCUT2D eigenvalue weighted by atomic mass is 10.0. The number of hydrogen-bond acceptors (Lipinski definition) is 2. The van der Waals surface area contributed by atoms with Crippen molar-refractivity contribution in [3.8, 4) is 0 Å². The second-order valence-corrected chi connectivity index (χ2v) is 3.50. The molecule has 1 aromatic carbocycles. The molecule has 2 rings (SSSR count). The van der Waals surface area contributed by atoms with Gasteiger partial charge in [-0.25, -0.2) is 4.39 Å². The molecule has 1 aliphatic rings. The van der Waals surface area contributed by atoms with Gasteiger partial charge in [0.1, 0.15) is 5.82 Å². The third-order valence-corrected chi connectivity index (χ3v) is 2.33. The number of hydrogen-bond donors (Lipinski definition) is 1. The summed E-state index contributed by atoms with van der Waals surface area (Å²) in [5.41, 5.74) is 5.37. The van der Waals surface area contributed by atoms with Gasteiger partial charge in [0.2, 0.25) is 0 Å². The summed E-state index contributed by atoms with van der Waals surface area (Å²) in [6.07, 6.45) is 1.42. The molecule has 1 fully saturated rings. The third-order valence-electron chi connectivity index (χ3n) is 2.33. The van der Waals surface area contributed by atoms with Crippen molar-refractivity contribution >= 4 is 5.78 Å². The molecule has 1 aromatic rings. The largest absolute Gasteiger partial charge is 0.319 e. The van der Waals surface area contributed by atoms with Crippen LogP contribution in [-0.2, 0) is 0 Å². The fraction of sp³-hybridized carbons (Fsp3) is 0.300. The molecule has 0 aliphatic heterocycles. The van der Waals surface area contributed by atoms with Crippen LogP contribution in [0.25, 0.3) is 0 Å². The van der Waals surface area contributed by atoms with Crippen LogP contribution < -0.4 is 5.73 Å². The Labute approximate surface area is 75.6 Å². The highest BCUT2D eigenvalue weighted by molar-refractivity contribution is 6.05. The Morgan fingerprint density at radius 1 is 1.46 bits per heavy atom. The van der Waals surface area contributed by atoms with Crippen molar-refractivity contribution < 1.29 is 9.18 Å². The first-order valence-electron chi connectivity index (χ1n) is 4.21. The second-order valence-electron chi connectivity index (χ2n) is 3.50. The standard InChI is InChI=1S/C10H10FNO/c11-8-3-1-2-7(6-8)9(13)10(12)4-5-10/h1-3,6H,4-5,12H2. The quantitative estimate of drug-likeness (QED) is 0.699. The zero-order valence-electron chi connectivity index (χ0n) is 7.09. The molecule has 0 aromatic heterocycles. The molecule has 0 atom stereocenters. The predicted octanol–water partition coefficient (Wildman–Crippen LogP) is 1.50. The smallest absolute Gasteiger partial charge is 0.182 e. The number of ketones is 1. The molecule has 1 aliphatic carbocycles. The summed E-state index contributed by atoms with van der Waals surface area (Å²) in [7, 11) is 0. The lowest BCUT2D eigenvalue weighted by molar-refractivity contribution is 0.0949. The van der Waals surface area contributed by atoms with Crippen molar-refractivity contribution in [1.29, 1.82) is 0 Å². The van der Waals surface area contributed by atoms with E-state index in [2.05, 4.69) is 0 Å². The van der Waals surface area contributed by atoms with Crippen LogP contribution in [0.1, 0.15) is 23.2 Å². The summed E-state index contributed by atoms with van der Waals surface area (Å²) >= 11 is 0. The highest BCUT2D eigenvalue weighted by atomic mass is 19.1. The molecule has 2 nitrogen and oxygen atoms in total. The van der Waals surface area contributed by atoms with Crippen LogP contribution >= 0.6 is 0 Å². The van der Waals surface area contributed by atoms with E-state index in [1.54, 1.807) is 6.07 Å². The predicted molar refractivity (Wildman–Crippen MR) is 46.9 cm³/mol. The lowest BCUT2D eigenvalue weighted by Gasteiger charge is -2.06. The molecule has 0 saturated heterocycles. The molecular formula is C10H10FNO. The fourth-order valence-corrected chi connectivity index (χ4v) is 1.28. The molecule has 0 amide bonds. The van der Waals surface area contributed by atoms with Crippen LogP contribution in [-0.4, -0.2) is 11.3 Å². The van der Waals surface area contributed by atoms with Crippen molar-refractivity contribution in [2.24, 2.45) is 5.73 Å². The van der Waals surface area contributed by atoms with Crippen molar-refractivity contribution in [3.63, 3.8) is 0 Å². The Kier molecular flexibility index (Phi) is 1.70. The van der Waals surface area contributed by atoms with Gasteiger partial charge < -0.3 is 5.73 Å². The van der Waals surface area contributed by atoms with Crippen LogP contribution in [0.2, 0.25) is 0 Å². The SMILES string of the molecule is NC1(C(=O)c2cccc(F)c2)CC1. The van der Waals surface area contributed by atoms with Gasteiger partial charge in [0.15, 0.2) is 5.78 Å². The molecule has 0 radical (unpaired) electrons. The molecule has 2 N–H and O–H groups in total. The minimum Gasteiger partial charge on any atom is -0.319 e. The van der Waals surface area contributed by atoms with Gasteiger partial charge in [0, 0.05) is 5.56 Å². The van der Waals surface area contributed by atoms with Crippen LogP contribution in [0.15, 0.2) is 24.3 Å². The highest BCUT2D eigenvalue weighted by Crippen LogP contribution is 2.35. The average molecular weight is 179 g/mol. The number of Topliss-reactive ketones (excluding diaryl/α,β-unsaturated/α-hetero) is 1. The van der Waals surface area contributed by atoms with E-state index in [-0.39, 0.29) is 5.78 Å². The van der Waals surface area contributed by atoms with Gasteiger partial charge in [0.25, 0.3) is 0 Å². The molecule has 3 heteroatoms. The van der Waals surface area contributed by atoms with E-state index in [1.807, 2.05) is 0 Å². The van der Waals surface area contributed by atoms with E-state index in [4.69, 9.17) is 5.73 Å². The number of nitrogens with two attached hydrogens (primary N) is 1. The van der Waals surface area contributed by atoms with Crippen molar-refractivity contribution in [1.82, 2.24) is 0 Å². The molecule has 0 unspecified atom stereocenters. The van der Waals surface area contributed by atoms with Gasteiger partial charge in [0.05, 0.1) is 5.54 Å². The summed E-state index contributed by atoms with van der Waals surface area (Å²) < 4.78 is 12.7. The Morgan fingerprint density at radius 2 is 2.15 bits per heavy atom. The lowest BCUT2D eigenvalue weighted by Crippen LogP contribution is -2.32. The van der Waals surface area contributed by atoms with Gasteiger partial charge in [-0.2, -0.15) is 0 Å². The van der Waals surface area contributed by atoms with Gasteiger partial charge in [-0.15, -0.1) is 0 Å². The molecule has 1 saturated carbocycles. The number of rotatable bonds is 2. The van der Waals surface area contributed by atoms with Crippen LogP contribution in [0, 0.1) is 5.82 Å². The van der Waals surface area contributed by atoms with Gasteiger partial charge in [-0.1, -0.05) is 12.1 Å². The maximum atomic E-state index is 12.7. The fourth-order valence-electron chi connectivity index (χ4n) is 1.28. The summed E-state index contributed by atoms with van der Waals surface area (Å²) in [6.45, 7) is 0. The number of benzene rings is 1. The molecule has 0 heterocycles. The van der Waals surface area contributed by atoms with E-state index in [0.717, 1.165) is 0 Å². The summed E-state index contributed by atoms with van der Waals surface area (Å²) in [6, 6.07) is 5.66. The summed E-state index contributed by atoms with van der Waals surface area (Å²) in [4.78, 5) is 11.6. The topological polar surface area (TPSA) is 43.1 Å². The first-order chi connectivity index (χ1) is 6.12. The Bertz CT molecular complexity index is 358. The number of halogens is 1. The van der Waals surface area contributed by atoms with Gasteiger partial charge in [-0.3, -0.25) is 4.79 Å². The minimum absolute atomic E-state index is 0.146. The Morgan fingerprint density at radius 3 is 2.69 bits per heavy atom. The van der Waals surface area contributed by atoms with Crippen LogP contribution in [0.4, 0.5) is 4.39 Å². The van der Waals surface area contributed by atoms with E-state index in [9.17, 15) is 9.18 Å². The van der Waals surface area contributed by atoms with Gasteiger partial charge in [-0.05, 0) is 25.0 Å². The number of carbonyl (C=O) groups excluding carboxylic acids is 1. The Balaban J connectivity index is 2.30. The van der Waals surface area contributed by atoms with Crippen molar-refractivity contribution in [3.05, 3.63) is 35.6 Å². The maximum absolute atomic E-state index is 12.7. The Hall–Kier alpha value is -1.22. The molecule has 0 spiro atoms.